The molecule has 0 aliphatic rings. The number of carbonyl (C=O) groups is 2. The number of ether oxygens (including phenoxy) is 1. The lowest BCUT2D eigenvalue weighted by atomic mass is 10.0. The normalized spacial score (nSPS) is 12.4. The Morgan fingerprint density at radius 3 is 2.27 bits per heavy atom. The number of benzene rings is 2. The number of aryl methyl sites for hydroxylation is 1. The number of nitrogens with zero attached hydrogens (tertiary/aromatic N) is 1. The number of methoxy groups -OCH3 is 1. The van der Waals surface area contributed by atoms with Crippen molar-refractivity contribution in [2.75, 3.05) is 20.2 Å². The van der Waals surface area contributed by atoms with Crippen molar-refractivity contribution in [3.63, 3.8) is 0 Å². The van der Waals surface area contributed by atoms with Gasteiger partial charge in [0.1, 0.15) is 0 Å². The molecular weight excluding hydrogens is 404 g/mol. The molecule has 1 N–H and O–H groups in total. The first-order valence-corrected chi connectivity index (χ1v) is 11.2. The van der Waals surface area contributed by atoms with E-state index in [4.69, 9.17) is 4.74 Å². The highest BCUT2D eigenvalue weighted by Gasteiger charge is 2.25. The van der Waals surface area contributed by atoms with Crippen molar-refractivity contribution < 1.29 is 22.7 Å². The molecule has 1 atom stereocenters. The largest absolute Gasteiger partial charge is 0.469 e. The molecule has 30 heavy (non-hydrogen) atoms. The Balaban J connectivity index is 2.38. The highest BCUT2D eigenvalue weighted by molar-refractivity contribution is 7.89. The summed E-state index contributed by atoms with van der Waals surface area (Å²) in [7, 11) is -2.41. The van der Waals surface area contributed by atoms with Gasteiger partial charge in [-0.2, -0.15) is 4.31 Å². The topological polar surface area (TPSA) is 92.8 Å². The van der Waals surface area contributed by atoms with Crippen LogP contribution in [-0.4, -0.2) is 44.8 Å². The molecule has 0 aliphatic heterocycles. The van der Waals surface area contributed by atoms with E-state index in [0.717, 1.165) is 5.56 Å². The van der Waals surface area contributed by atoms with Gasteiger partial charge in [-0.15, -0.1) is 0 Å². The van der Waals surface area contributed by atoms with Gasteiger partial charge >= 0.3 is 5.97 Å². The summed E-state index contributed by atoms with van der Waals surface area (Å²) in [4.78, 5) is 24.9. The maximum atomic E-state index is 13.0. The number of carbonyl (C=O) groups excluding carboxylic acids is 2. The van der Waals surface area contributed by atoms with E-state index < -0.39 is 27.9 Å². The molecule has 0 spiro atoms. The first-order valence-electron chi connectivity index (χ1n) is 9.78. The summed E-state index contributed by atoms with van der Waals surface area (Å²) in [6, 6.07) is 13.0. The van der Waals surface area contributed by atoms with Crippen LogP contribution in [-0.2, 0) is 19.6 Å². The van der Waals surface area contributed by atoms with Gasteiger partial charge in [0.15, 0.2) is 0 Å². The molecule has 0 radical (unpaired) electrons. The maximum absolute atomic E-state index is 13.0. The van der Waals surface area contributed by atoms with Crippen molar-refractivity contribution in [1.82, 2.24) is 9.62 Å². The average Bonchev–Trinajstić information content (AvgIpc) is 2.74. The van der Waals surface area contributed by atoms with Crippen LogP contribution in [0, 0.1) is 6.92 Å². The van der Waals surface area contributed by atoms with Gasteiger partial charge in [-0.1, -0.05) is 50.2 Å². The van der Waals surface area contributed by atoms with Crippen LogP contribution in [0.15, 0.2) is 53.4 Å². The van der Waals surface area contributed by atoms with Gasteiger partial charge in [0.2, 0.25) is 10.0 Å². The predicted octanol–water partition coefficient (Wildman–Crippen LogP) is 3.06. The van der Waals surface area contributed by atoms with Gasteiger partial charge in [-0.05, 0) is 30.2 Å². The third-order valence-electron chi connectivity index (χ3n) is 4.90. The second-order valence-corrected chi connectivity index (χ2v) is 8.72. The summed E-state index contributed by atoms with van der Waals surface area (Å²) in [5.41, 5.74) is 1.63. The fourth-order valence-corrected chi connectivity index (χ4v) is 4.63. The van der Waals surface area contributed by atoms with E-state index in [2.05, 4.69) is 5.32 Å². The van der Waals surface area contributed by atoms with Gasteiger partial charge in [-0.3, -0.25) is 9.59 Å². The molecule has 1 amide bonds. The summed E-state index contributed by atoms with van der Waals surface area (Å²) in [5.74, 6) is -0.916. The minimum Gasteiger partial charge on any atom is -0.469 e. The number of amides is 1. The molecule has 2 aromatic carbocycles. The van der Waals surface area contributed by atoms with Crippen LogP contribution in [0.3, 0.4) is 0 Å². The van der Waals surface area contributed by atoms with Crippen molar-refractivity contribution in [2.45, 2.75) is 38.1 Å². The monoisotopic (exact) mass is 432 g/mol. The minimum absolute atomic E-state index is 0.0390. The number of hydrogen-bond donors (Lipinski definition) is 1. The summed E-state index contributed by atoms with van der Waals surface area (Å²) >= 11 is 0. The van der Waals surface area contributed by atoms with E-state index in [9.17, 15) is 18.0 Å². The summed E-state index contributed by atoms with van der Waals surface area (Å²) in [6.45, 7) is 5.94. The Morgan fingerprint density at radius 1 is 1.07 bits per heavy atom. The van der Waals surface area contributed by atoms with Gasteiger partial charge in [0.05, 0.1) is 24.5 Å². The molecule has 0 saturated carbocycles. The maximum Gasteiger partial charge on any atom is 0.307 e. The Bertz CT molecular complexity index is 986. The zero-order valence-electron chi connectivity index (χ0n) is 17.7. The van der Waals surface area contributed by atoms with E-state index in [-0.39, 0.29) is 16.9 Å². The molecule has 0 saturated heterocycles. The third-order valence-corrected chi connectivity index (χ3v) is 6.95. The number of esters is 1. The first-order chi connectivity index (χ1) is 14.2. The van der Waals surface area contributed by atoms with E-state index in [0.29, 0.717) is 18.7 Å². The summed E-state index contributed by atoms with van der Waals surface area (Å²) in [6.07, 6.45) is -0.0390. The highest BCUT2D eigenvalue weighted by atomic mass is 32.2. The molecule has 7 nitrogen and oxygen atoms in total. The molecule has 0 unspecified atom stereocenters. The van der Waals surface area contributed by atoms with Gasteiger partial charge in [0, 0.05) is 18.7 Å². The van der Waals surface area contributed by atoms with Crippen LogP contribution < -0.4 is 5.32 Å². The Morgan fingerprint density at radius 2 is 1.70 bits per heavy atom. The van der Waals surface area contributed by atoms with Crippen molar-refractivity contribution in [3.05, 3.63) is 65.2 Å². The molecule has 2 aromatic rings. The lowest BCUT2D eigenvalue weighted by Crippen LogP contribution is -2.32. The van der Waals surface area contributed by atoms with E-state index in [1.54, 1.807) is 26.8 Å². The quantitative estimate of drug-likeness (QED) is 0.615. The van der Waals surface area contributed by atoms with E-state index >= 15 is 0 Å². The van der Waals surface area contributed by atoms with Crippen molar-refractivity contribution in [2.24, 2.45) is 0 Å². The zero-order chi connectivity index (χ0) is 22.3. The molecule has 0 aromatic heterocycles. The third kappa shape index (κ3) is 5.46. The molecule has 0 bridgehead atoms. The first kappa shape index (κ1) is 23.6. The Kier molecular flexibility index (Phi) is 8.14. The number of sulfonamides is 1. The van der Waals surface area contributed by atoms with Crippen LogP contribution in [0.1, 0.15) is 47.8 Å². The van der Waals surface area contributed by atoms with Crippen LogP contribution in [0.2, 0.25) is 0 Å². The molecule has 0 aliphatic carbocycles. The fourth-order valence-electron chi connectivity index (χ4n) is 3.14. The Hall–Kier alpha value is -2.71. The molecular formula is C22H28N2O5S. The van der Waals surface area contributed by atoms with Gasteiger partial charge in [0.25, 0.3) is 5.91 Å². The highest BCUT2D eigenvalue weighted by Crippen LogP contribution is 2.22. The van der Waals surface area contributed by atoms with Gasteiger partial charge in [-0.25, -0.2) is 8.42 Å². The summed E-state index contributed by atoms with van der Waals surface area (Å²) in [5, 5.41) is 2.84. The SMILES string of the molecule is CCN(CC)S(=O)(=O)c1ccc(C)c(C(=O)N[C@H](CC(=O)OC)c2ccccc2)c1. The number of nitrogens with one attached hydrogen (secondary N) is 1. The lowest BCUT2D eigenvalue weighted by molar-refractivity contribution is -0.141. The van der Waals surface area contributed by atoms with E-state index in [1.807, 2.05) is 30.3 Å². The Labute approximate surface area is 178 Å². The lowest BCUT2D eigenvalue weighted by Gasteiger charge is -2.21. The summed E-state index contributed by atoms with van der Waals surface area (Å²) < 4.78 is 31.8. The molecule has 8 heteroatoms. The van der Waals surface area contributed by atoms with Crippen LogP contribution in [0.25, 0.3) is 0 Å². The second kappa shape index (κ2) is 10.4. The standard InChI is InChI=1S/C22H28N2O5S/c1-5-24(6-2)30(27,28)18-13-12-16(3)19(14-18)22(26)23-20(15-21(25)29-4)17-10-8-7-9-11-17/h7-14,20H,5-6,15H2,1-4H3,(H,23,26)/t20-/m1/s1. The van der Waals surface area contributed by atoms with E-state index in [1.165, 1.54) is 23.5 Å². The second-order valence-electron chi connectivity index (χ2n) is 6.78. The zero-order valence-corrected chi connectivity index (χ0v) is 18.5. The minimum atomic E-state index is -3.70. The van der Waals surface area contributed by atoms with Crippen molar-refractivity contribution in [3.8, 4) is 0 Å². The van der Waals surface area contributed by atoms with Crippen LogP contribution in [0.4, 0.5) is 0 Å². The smallest absolute Gasteiger partial charge is 0.307 e. The van der Waals surface area contributed by atoms with Crippen molar-refractivity contribution in [1.29, 1.82) is 0 Å². The predicted molar refractivity (Wildman–Crippen MR) is 115 cm³/mol. The van der Waals surface area contributed by atoms with Crippen molar-refractivity contribution >= 4 is 21.9 Å². The van der Waals surface area contributed by atoms with Gasteiger partial charge < -0.3 is 10.1 Å². The average molecular weight is 433 g/mol. The number of rotatable bonds is 9. The molecule has 2 rings (SSSR count). The molecule has 0 fully saturated rings. The number of hydrogen-bond acceptors (Lipinski definition) is 5. The molecule has 0 heterocycles. The molecule has 162 valence electrons. The van der Waals surface area contributed by atoms with Crippen LogP contribution in [0.5, 0.6) is 0 Å². The fraction of sp³-hybridized carbons (Fsp3) is 0.364. The van der Waals surface area contributed by atoms with Crippen LogP contribution >= 0.6 is 0 Å².